The molecule has 4 N–H and O–H groups in total. The van der Waals surface area contributed by atoms with E-state index in [9.17, 15) is 30.4 Å². The zero-order valence-corrected chi connectivity index (χ0v) is 19.6. The molecule has 2 rings (SSSR count). The minimum absolute atomic E-state index is 0. The molecule has 2 aromatic rings. The van der Waals surface area contributed by atoms with Crippen molar-refractivity contribution < 1.29 is 76.6 Å². The normalized spacial score (nSPS) is 10.2. The van der Waals surface area contributed by atoms with E-state index in [0.29, 0.717) is 0 Å². The monoisotopic (exact) mass is 561 g/mol. The van der Waals surface area contributed by atoms with E-state index in [4.69, 9.17) is 23.7 Å². The van der Waals surface area contributed by atoms with Crippen LogP contribution in [-0.4, -0.2) is 47.6 Å². The number of nitro benzene ring substituents is 2. The summed E-state index contributed by atoms with van der Waals surface area (Å²) < 4.78 is 34.0. The van der Waals surface area contributed by atoms with Gasteiger partial charge in [-0.3, -0.25) is 30.2 Å². The molecule has 0 saturated heterocycles. The molecular weight excluding hydrogens is 543 g/mol. The molecule has 35 heavy (non-hydrogen) atoms. The number of aliphatic hydroxyl groups is 1. The van der Waals surface area contributed by atoms with Gasteiger partial charge in [-0.2, -0.15) is 0 Å². The van der Waals surface area contributed by atoms with Crippen molar-refractivity contribution in [3.63, 3.8) is 0 Å². The van der Waals surface area contributed by atoms with Crippen molar-refractivity contribution >= 4 is 23.8 Å². The molecule has 0 unspecified atom stereocenters. The summed E-state index contributed by atoms with van der Waals surface area (Å²) in [5.41, 5.74) is -0.247. The molecule has 0 aromatic heterocycles. The van der Waals surface area contributed by atoms with E-state index in [1.807, 2.05) is 0 Å². The van der Waals surface area contributed by atoms with Gasteiger partial charge in [0.1, 0.15) is 0 Å². The summed E-state index contributed by atoms with van der Waals surface area (Å²) in [6.45, 7) is 0.337. The predicted octanol–water partition coefficient (Wildman–Crippen LogP) is -4.88. The topological polar surface area (TPSA) is 303 Å². The maximum atomic E-state index is 11.6. The molecule has 0 bridgehead atoms. The number of rotatable bonds is 7. The average Bonchev–Trinajstić information content (AvgIpc) is 2.72. The average molecular weight is 562 g/mol. The molecule has 0 aliphatic rings. The molecule has 16 nitrogen and oxygen atoms in total. The van der Waals surface area contributed by atoms with Gasteiger partial charge >= 0.3 is 17.1 Å². The van der Waals surface area contributed by atoms with Crippen molar-refractivity contribution in [1.29, 1.82) is 0 Å². The van der Waals surface area contributed by atoms with Gasteiger partial charge in [0.2, 0.25) is 0 Å². The molecule has 0 fully saturated rings. The van der Waals surface area contributed by atoms with E-state index in [2.05, 4.69) is 9.98 Å². The van der Waals surface area contributed by atoms with Crippen LogP contribution in [0.5, 0.6) is 11.5 Å². The number of hydrogen-bond donors (Lipinski definition) is 1. The second-order valence-corrected chi connectivity index (χ2v) is 6.16. The summed E-state index contributed by atoms with van der Waals surface area (Å²) in [5.74, 6) is -0.786. The summed E-state index contributed by atoms with van der Waals surface area (Å²) in [4.78, 5) is 28.0. The molecule has 0 aliphatic carbocycles. The number of aliphatic imine (C=N–C) groups is 2. The van der Waals surface area contributed by atoms with Crippen molar-refractivity contribution in [2.24, 2.45) is 9.98 Å². The number of hydrogen-bond acceptors (Lipinski definition) is 13. The molecule has 0 amide bonds. The fourth-order valence-electron chi connectivity index (χ4n) is 1.94. The molecule has 0 heterocycles. The molecule has 0 atom stereocenters. The Morgan fingerprint density at radius 2 is 1.09 bits per heavy atom. The van der Waals surface area contributed by atoms with Gasteiger partial charge in [0.25, 0.3) is 11.4 Å². The third-order valence-electron chi connectivity index (χ3n) is 3.23. The largest absolute Gasteiger partial charge is 3.00 e. The summed E-state index contributed by atoms with van der Waals surface area (Å²) in [5, 5.41) is 51.5. The number of benzene rings is 2. The summed E-state index contributed by atoms with van der Waals surface area (Å²) >= 11 is 0. The Morgan fingerprint density at radius 3 is 1.34 bits per heavy atom. The molecule has 2 aromatic carbocycles. The van der Waals surface area contributed by atoms with Crippen LogP contribution in [0.3, 0.4) is 0 Å². The Bertz CT molecular complexity index is 922. The van der Waals surface area contributed by atoms with Crippen molar-refractivity contribution in [3.8, 4) is 11.5 Å². The molecule has 0 spiro atoms. The van der Waals surface area contributed by atoms with E-state index < -0.39 is 31.6 Å². The van der Waals surface area contributed by atoms with Crippen LogP contribution in [-0.2, 0) is 22.5 Å². The van der Waals surface area contributed by atoms with Gasteiger partial charge < -0.3 is 20.8 Å². The van der Waals surface area contributed by atoms with Crippen molar-refractivity contribution in [2.45, 2.75) is 0 Å². The first kappa shape index (κ1) is 36.3. The number of non-ortho nitro benzene ring substituents is 2. The smallest absolute Gasteiger partial charge is 0.872 e. The quantitative estimate of drug-likeness (QED) is 0.0833. The Hall–Kier alpha value is -3.25. The Kier molecular flexibility index (Phi) is 18.8. The Balaban J connectivity index is -0.00000101. The number of nitrogens with zero attached hydrogens (tertiary/aromatic N) is 4. The van der Waals surface area contributed by atoms with Gasteiger partial charge in [0.15, 0.2) is 0 Å². The van der Waals surface area contributed by atoms with Gasteiger partial charge in [-0.15, -0.1) is 10.2 Å². The van der Waals surface area contributed by atoms with Crippen LogP contribution in [0.1, 0.15) is 11.1 Å². The summed E-state index contributed by atoms with van der Waals surface area (Å²) in [7, 11) is -3.94. The van der Waals surface area contributed by atoms with Crippen LogP contribution in [0.2, 0.25) is 0 Å². The van der Waals surface area contributed by atoms with Gasteiger partial charge in [-0.25, -0.2) is 18.6 Å². The first-order valence-corrected chi connectivity index (χ1v) is 9.59. The molecular formula is C17H19ClMnN4O12+. The van der Waals surface area contributed by atoms with Crippen LogP contribution < -0.4 is 28.8 Å². The van der Waals surface area contributed by atoms with Crippen LogP contribution in [0.15, 0.2) is 46.4 Å². The predicted molar refractivity (Wildman–Crippen MR) is 103 cm³/mol. The van der Waals surface area contributed by atoms with Gasteiger partial charge in [-0.05, 0) is 11.1 Å². The molecule has 192 valence electrons. The van der Waals surface area contributed by atoms with E-state index >= 15 is 0 Å². The maximum Gasteiger partial charge on any atom is 3.00 e. The second-order valence-electron chi connectivity index (χ2n) is 5.41. The standard InChI is InChI=1S/C16H14N4O6.CH4O.ClHO4.Mn.H2O/c21-15-3-1-13(19(23)24)7-11(15)9-17-5-6-18-10-12-8-14(20(25)26)2-4-16(12)22;1-2;2-1(3,4)5;;/h1-4,7-10,21-22H,5-6H2;2H,1H3;(H,2,3,4,5);;1H2/q;;;+3;/p-2. The molecule has 0 aliphatic heterocycles. The number of nitro groups is 2. The third-order valence-corrected chi connectivity index (χ3v) is 3.23. The van der Waals surface area contributed by atoms with Gasteiger partial charge in [0, 0.05) is 43.8 Å². The minimum atomic E-state index is -4.94. The van der Waals surface area contributed by atoms with Gasteiger partial charge in [0.05, 0.1) is 22.9 Å². The van der Waals surface area contributed by atoms with Crippen molar-refractivity contribution in [3.05, 3.63) is 67.8 Å². The van der Waals surface area contributed by atoms with E-state index in [1.54, 1.807) is 0 Å². The van der Waals surface area contributed by atoms with Crippen LogP contribution >= 0.6 is 0 Å². The van der Waals surface area contributed by atoms with Crippen LogP contribution in [0.4, 0.5) is 11.4 Å². The summed E-state index contributed by atoms with van der Waals surface area (Å²) in [6.07, 6.45) is 2.44. The molecule has 0 radical (unpaired) electrons. The fraction of sp³-hybridized carbons (Fsp3) is 0.176. The summed E-state index contributed by atoms with van der Waals surface area (Å²) in [6, 6.07) is 6.67. The number of aliphatic hydroxyl groups excluding tert-OH is 1. The Labute approximate surface area is 210 Å². The minimum Gasteiger partial charge on any atom is -0.872 e. The first-order valence-electron chi connectivity index (χ1n) is 8.35. The SMILES string of the molecule is CO.O=[N+]([O-])c1ccc([O-])c(C=NCCN=Cc2cc([N+](=O)[O-])ccc2[O-])c1.[Mn+3].[O-][Cl+3]([O-])([O-])[O-].[OH3+]. The Morgan fingerprint density at radius 1 is 0.800 bits per heavy atom. The van der Waals surface area contributed by atoms with Crippen molar-refractivity contribution in [2.75, 3.05) is 20.2 Å². The van der Waals surface area contributed by atoms with Gasteiger partial charge in [-0.1, -0.05) is 23.6 Å². The zero-order chi connectivity index (χ0) is 25.6. The van der Waals surface area contributed by atoms with Crippen LogP contribution in [0.25, 0.3) is 0 Å². The van der Waals surface area contributed by atoms with E-state index in [-0.39, 0.29) is 58.1 Å². The second kappa shape index (κ2) is 18.1. The zero-order valence-electron chi connectivity index (χ0n) is 17.7. The fourth-order valence-corrected chi connectivity index (χ4v) is 1.94. The first-order chi connectivity index (χ1) is 15.4. The van der Waals surface area contributed by atoms with Crippen LogP contribution in [0, 0.1) is 30.5 Å². The van der Waals surface area contributed by atoms with E-state index in [0.717, 1.165) is 43.5 Å². The maximum absolute atomic E-state index is 11.6. The third kappa shape index (κ3) is 16.1. The number of halogens is 1. The van der Waals surface area contributed by atoms with Crippen molar-refractivity contribution in [1.82, 2.24) is 0 Å². The van der Waals surface area contributed by atoms with E-state index in [1.165, 1.54) is 12.4 Å². The molecule has 18 heteroatoms. The molecule has 0 saturated carbocycles.